The largest absolute Gasteiger partial charge is 0.507 e. The van der Waals surface area contributed by atoms with Gasteiger partial charge in [-0.2, -0.15) is 0 Å². The minimum Gasteiger partial charge on any atom is -0.507 e. The second-order valence-electron chi connectivity index (χ2n) is 5.00. The van der Waals surface area contributed by atoms with Crippen molar-refractivity contribution in [3.8, 4) is 5.75 Å². The van der Waals surface area contributed by atoms with Gasteiger partial charge >= 0.3 is 0 Å². The number of aromatic hydroxyl groups is 1. The number of aromatic nitrogens is 2. The highest BCUT2D eigenvalue weighted by Crippen LogP contribution is 2.22. The quantitative estimate of drug-likeness (QED) is 0.693. The molecule has 1 aromatic heterocycles. The first kappa shape index (κ1) is 14.4. The van der Waals surface area contributed by atoms with Crippen molar-refractivity contribution in [2.45, 2.75) is 13.0 Å². The number of carbonyl (C=O) groups excluding carboxylic acids is 1. The second kappa shape index (κ2) is 5.69. The predicted octanol–water partition coefficient (Wildman–Crippen LogP) is 3.41. The summed E-state index contributed by atoms with van der Waals surface area (Å²) in [6.07, 6.45) is 0. The molecule has 0 spiro atoms. The summed E-state index contributed by atoms with van der Waals surface area (Å²) in [7, 11) is 0. The Balaban J connectivity index is 1.82. The van der Waals surface area contributed by atoms with Gasteiger partial charge in [0.2, 0.25) is 0 Å². The number of para-hydroxylation sites is 2. The minimum absolute atomic E-state index is 0.112. The van der Waals surface area contributed by atoms with E-state index in [0.29, 0.717) is 10.8 Å². The number of phenols is 1. The van der Waals surface area contributed by atoms with E-state index in [0.717, 1.165) is 11.0 Å². The van der Waals surface area contributed by atoms with Gasteiger partial charge in [-0.15, -0.1) is 0 Å². The molecule has 1 heterocycles. The molecule has 2 aromatic carbocycles. The van der Waals surface area contributed by atoms with Gasteiger partial charge in [-0.3, -0.25) is 4.79 Å². The van der Waals surface area contributed by atoms with Gasteiger partial charge in [-0.1, -0.05) is 23.7 Å². The smallest absolute Gasteiger partial charge is 0.255 e. The molecule has 112 valence electrons. The van der Waals surface area contributed by atoms with Crippen LogP contribution in [0.3, 0.4) is 0 Å². The molecule has 1 atom stereocenters. The first-order valence-electron chi connectivity index (χ1n) is 6.78. The van der Waals surface area contributed by atoms with Crippen molar-refractivity contribution in [2.24, 2.45) is 0 Å². The monoisotopic (exact) mass is 315 g/mol. The van der Waals surface area contributed by atoms with E-state index in [4.69, 9.17) is 11.6 Å². The van der Waals surface area contributed by atoms with Crippen LogP contribution in [0.5, 0.6) is 5.75 Å². The van der Waals surface area contributed by atoms with Crippen molar-refractivity contribution in [1.29, 1.82) is 0 Å². The standard InChI is InChI=1S/C16H14ClN3O2/c1-9(15-19-12-4-2-3-5-13(12)20-15)18-16(22)11-8-10(17)6-7-14(11)21/h2-9,21H,1H3,(H,18,22)(H,19,20). The van der Waals surface area contributed by atoms with E-state index < -0.39 is 5.91 Å². The Morgan fingerprint density at radius 2 is 2.09 bits per heavy atom. The van der Waals surface area contributed by atoms with Crippen molar-refractivity contribution in [3.05, 3.63) is 58.9 Å². The summed E-state index contributed by atoms with van der Waals surface area (Å²) in [6.45, 7) is 1.82. The van der Waals surface area contributed by atoms with Gasteiger partial charge in [0, 0.05) is 5.02 Å². The van der Waals surface area contributed by atoms with E-state index in [1.54, 1.807) is 0 Å². The number of fused-ring (bicyclic) bond motifs is 1. The molecule has 3 rings (SSSR count). The lowest BCUT2D eigenvalue weighted by molar-refractivity contribution is 0.0936. The lowest BCUT2D eigenvalue weighted by Crippen LogP contribution is -2.27. The maximum atomic E-state index is 12.2. The van der Waals surface area contributed by atoms with Crippen molar-refractivity contribution >= 4 is 28.5 Å². The van der Waals surface area contributed by atoms with E-state index in [9.17, 15) is 9.90 Å². The Labute approximate surface area is 132 Å². The number of phenolic OH excluding ortho intramolecular Hbond substituents is 1. The molecule has 0 aliphatic carbocycles. The van der Waals surface area contributed by atoms with Crippen LogP contribution in [0, 0.1) is 0 Å². The number of hydrogen-bond donors (Lipinski definition) is 3. The lowest BCUT2D eigenvalue weighted by atomic mass is 10.1. The molecule has 1 unspecified atom stereocenters. The fraction of sp³-hybridized carbons (Fsp3) is 0.125. The normalized spacial score (nSPS) is 12.3. The highest BCUT2D eigenvalue weighted by atomic mass is 35.5. The van der Waals surface area contributed by atoms with Crippen molar-refractivity contribution in [3.63, 3.8) is 0 Å². The summed E-state index contributed by atoms with van der Waals surface area (Å²) >= 11 is 5.86. The number of benzene rings is 2. The Morgan fingerprint density at radius 1 is 1.32 bits per heavy atom. The van der Waals surface area contributed by atoms with Gasteiger partial charge in [-0.05, 0) is 37.3 Å². The van der Waals surface area contributed by atoms with Crippen molar-refractivity contribution in [2.75, 3.05) is 0 Å². The summed E-state index contributed by atoms with van der Waals surface area (Å²) in [5.74, 6) is 0.128. The second-order valence-corrected chi connectivity index (χ2v) is 5.43. The third-order valence-electron chi connectivity index (χ3n) is 3.37. The Kier molecular flexibility index (Phi) is 3.73. The number of nitrogens with zero attached hydrogens (tertiary/aromatic N) is 1. The number of carbonyl (C=O) groups is 1. The molecule has 0 fully saturated rings. The molecular formula is C16H14ClN3O2. The molecule has 0 aliphatic heterocycles. The zero-order chi connectivity index (χ0) is 15.7. The Morgan fingerprint density at radius 3 is 2.86 bits per heavy atom. The van der Waals surface area contributed by atoms with E-state index in [2.05, 4.69) is 15.3 Å². The number of imidazole rings is 1. The van der Waals surface area contributed by atoms with Gasteiger partial charge in [0.15, 0.2) is 0 Å². The molecule has 0 saturated carbocycles. The van der Waals surface area contributed by atoms with E-state index in [-0.39, 0.29) is 17.4 Å². The average molecular weight is 316 g/mol. The summed E-state index contributed by atoms with van der Waals surface area (Å²) in [4.78, 5) is 19.8. The molecule has 0 aliphatic rings. The number of amides is 1. The molecule has 3 aromatic rings. The van der Waals surface area contributed by atoms with Crippen LogP contribution in [-0.4, -0.2) is 21.0 Å². The summed E-state index contributed by atoms with van der Waals surface area (Å²) in [5, 5.41) is 12.9. The summed E-state index contributed by atoms with van der Waals surface area (Å²) in [6, 6.07) is 11.6. The van der Waals surface area contributed by atoms with Gasteiger partial charge in [0.25, 0.3) is 5.91 Å². The van der Waals surface area contributed by atoms with Gasteiger partial charge in [0.05, 0.1) is 22.6 Å². The maximum absolute atomic E-state index is 12.2. The van der Waals surface area contributed by atoms with Crippen LogP contribution < -0.4 is 5.32 Å². The molecule has 0 saturated heterocycles. The third-order valence-corrected chi connectivity index (χ3v) is 3.60. The Bertz CT molecular complexity index is 811. The molecule has 1 amide bonds. The molecule has 0 bridgehead atoms. The van der Waals surface area contributed by atoms with Crippen LogP contribution >= 0.6 is 11.6 Å². The third kappa shape index (κ3) is 2.76. The number of H-pyrrole nitrogens is 1. The molecule has 3 N–H and O–H groups in total. The predicted molar refractivity (Wildman–Crippen MR) is 85.1 cm³/mol. The first-order valence-corrected chi connectivity index (χ1v) is 7.16. The first-order chi connectivity index (χ1) is 10.5. The highest BCUT2D eigenvalue weighted by molar-refractivity contribution is 6.31. The minimum atomic E-state index is -0.409. The zero-order valence-electron chi connectivity index (χ0n) is 11.8. The Hall–Kier alpha value is -2.53. The van der Waals surface area contributed by atoms with Crippen LogP contribution in [0.1, 0.15) is 29.1 Å². The average Bonchev–Trinajstić information content (AvgIpc) is 2.93. The molecular weight excluding hydrogens is 302 g/mol. The highest BCUT2D eigenvalue weighted by Gasteiger charge is 2.17. The molecule has 5 nitrogen and oxygen atoms in total. The number of halogens is 1. The van der Waals surface area contributed by atoms with Gasteiger partial charge in [0.1, 0.15) is 11.6 Å². The van der Waals surface area contributed by atoms with Crippen molar-refractivity contribution in [1.82, 2.24) is 15.3 Å². The maximum Gasteiger partial charge on any atom is 0.255 e. The fourth-order valence-electron chi connectivity index (χ4n) is 2.21. The van der Waals surface area contributed by atoms with E-state index >= 15 is 0 Å². The lowest BCUT2D eigenvalue weighted by Gasteiger charge is -2.12. The molecule has 22 heavy (non-hydrogen) atoms. The van der Waals surface area contributed by atoms with E-state index in [1.165, 1.54) is 18.2 Å². The zero-order valence-corrected chi connectivity index (χ0v) is 12.6. The summed E-state index contributed by atoms with van der Waals surface area (Å²) in [5.41, 5.74) is 1.88. The summed E-state index contributed by atoms with van der Waals surface area (Å²) < 4.78 is 0. The van der Waals surface area contributed by atoms with E-state index in [1.807, 2.05) is 31.2 Å². The molecule has 0 radical (unpaired) electrons. The topological polar surface area (TPSA) is 78.0 Å². The van der Waals surface area contributed by atoms with Gasteiger partial charge in [-0.25, -0.2) is 4.98 Å². The van der Waals surface area contributed by atoms with Gasteiger partial charge < -0.3 is 15.4 Å². The fourth-order valence-corrected chi connectivity index (χ4v) is 2.38. The van der Waals surface area contributed by atoms with Crippen molar-refractivity contribution < 1.29 is 9.90 Å². The van der Waals surface area contributed by atoms with Crippen LogP contribution in [0.2, 0.25) is 5.02 Å². The van der Waals surface area contributed by atoms with Crippen LogP contribution in [0.25, 0.3) is 11.0 Å². The van der Waals surface area contributed by atoms with Crippen LogP contribution in [-0.2, 0) is 0 Å². The SMILES string of the molecule is CC(NC(=O)c1cc(Cl)ccc1O)c1nc2ccccc2[nH]1. The molecule has 6 heteroatoms. The number of hydrogen-bond acceptors (Lipinski definition) is 3. The van der Waals surface area contributed by atoms with Crippen LogP contribution in [0.4, 0.5) is 0 Å². The number of nitrogens with one attached hydrogen (secondary N) is 2. The van der Waals surface area contributed by atoms with Crippen LogP contribution in [0.15, 0.2) is 42.5 Å². The number of aromatic amines is 1. The number of rotatable bonds is 3.